The molecule has 0 bridgehead atoms. The van der Waals surface area contributed by atoms with E-state index in [0.29, 0.717) is 24.0 Å². The van der Waals surface area contributed by atoms with Gasteiger partial charge in [-0.15, -0.1) is 0 Å². The number of aryl methyl sites for hydroxylation is 1. The van der Waals surface area contributed by atoms with E-state index in [9.17, 15) is 14.4 Å². The molecule has 1 aromatic carbocycles. The first kappa shape index (κ1) is 28.9. The molecule has 3 fully saturated rings. The van der Waals surface area contributed by atoms with Gasteiger partial charge in [-0.1, -0.05) is 34.6 Å². The topological polar surface area (TPSA) is 88.1 Å². The fraction of sp³-hybridized carbons (Fsp3) is 0.727. The maximum absolute atomic E-state index is 12.2. The maximum atomic E-state index is 12.2. The van der Waals surface area contributed by atoms with E-state index in [0.717, 1.165) is 55.4 Å². The molecule has 0 radical (unpaired) electrons. The van der Waals surface area contributed by atoms with Crippen LogP contribution in [0.25, 0.3) is 0 Å². The van der Waals surface area contributed by atoms with Crippen molar-refractivity contribution in [3.63, 3.8) is 0 Å². The van der Waals surface area contributed by atoms with Crippen molar-refractivity contribution in [2.24, 2.45) is 34.0 Å². The van der Waals surface area contributed by atoms with Crippen LogP contribution in [0.1, 0.15) is 105 Å². The number of esters is 3. The summed E-state index contributed by atoms with van der Waals surface area (Å²) in [7, 11) is 0. The molecule has 7 nitrogen and oxygen atoms in total. The molecule has 3 unspecified atom stereocenters. The molecule has 7 heteroatoms. The molecule has 40 heavy (non-hydrogen) atoms. The lowest BCUT2D eigenvalue weighted by atomic mass is 9.37. The van der Waals surface area contributed by atoms with Crippen LogP contribution >= 0.6 is 0 Å². The zero-order valence-electron chi connectivity index (χ0n) is 25.7. The van der Waals surface area contributed by atoms with Crippen molar-refractivity contribution >= 4 is 17.9 Å². The normalized spacial score (nSPS) is 37.4. The van der Waals surface area contributed by atoms with Gasteiger partial charge in [-0.25, -0.2) is 0 Å². The average Bonchev–Trinajstić information content (AvgIpc) is 3.24. The second-order valence-electron chi connectivity index (χ2n) is 14.2. The zero-order chi connectivity index (χ0) is 29.4. The summed E-state index contributed by atoms with van der Waals surface area (Å²) in [6, 6.07) is 1.75. The van der Waals surface area contributed by atoms with E-state index in [1.54, 1.807) is 6.07 Å². The van der Waals surface area contributed by atoms with Crippen molar-refractivity contribution < 1.29 is 33.3 Å². The van der Waals surface area contributed by atoms with Gasteiger partial charge in [0, 0.05) is 43.6 Å². The second kappa shape index (κ2) is 9.49. The first-order valence-electron chi connectivity index (χ1n) is 15.0. The van der Waals surface area contributed by atoms with Gasteiger partial charge in [0.15, 0.2) is 11.5 Å². The Kier molecular flexibility index (Phi) is 6.86. The third kappa shape index (κ3) is 4.08. The third-order valence-electron chi connectivity index (χ3n) is 11.6. The predicted molar refractivity (Wildman–Crippen MR) is 150 cm³/mol. The highest BCUT2D eigenvalue weighted by Crippen LogP contribution is 2.72. The molecular weight excluding hydrogens is 508 g/mol. The number of hydrogen-bond donors (Lipinski definition) is 0. The Bertz CT molecular complexity index is 1250. The Hall–Kier alpha value is -2.57. The lowest BCUT2D eigenvalue weighted by molar-refractivity contribution is -0.241. The summed E-state index contributed by atoms with van der Waals surface area (Å²) in [5.41, 5.74) is 1.06. The number of ether oxygens (including phenoxy) is 4. The monoisotopic (exact) mass is 554 g/mol. The number of rotatable bonds is 3. The summed E-state index contributed by atoms with van der Waals surface area (Å²) in [6.07, 6.45) is 6.65. The molecule has 3 saturated carbocycles. The number of carbonyl (C=O) groups excluding carboxylic acids is 3. The minimum absolute atomic E-state index is 0.0653. The van der Waals surface area contributed by atoms with Crippen LogP contribution in [0.5, 0.6) is 17.2 Å². The summed E-state index contributed by atoms with van der Waals surface area (Å²) in [5.74, 6) is 1.36. The van der Waals surface area contributed by atoms with Crippen LogP contribution in [0.2, 0.25) is 0 Å². The van der Waals surface area contributed by atoms with E-state index in [1.165, 1.54) is 20.8 Å². The van der Waals surface area contributed by atoms with Gasteiger partial charge in [-0.05, 0) is 80.2 Å². The van der Waals surface area contributed by atoms with E-state index in [4.69, 9.17) is 18.9 Å². The van der Waals surface area contributed by atoms with Crippen molar-refractivity contribution in [2.45, 2.75) is 119 Å². The number of benzene rings is 1. The Balaban J connectivity index is 1.58. The maximum Gasteiger partial charge on any atom is 0.308 e. The average molecular weight is 555 g/mol. The van der Waals surface area contributed by atoms with E-state index in [-0.39, 0.29) is 40.0 Å². The lowest BCUT2D eigenvalue weighted by Gasteiger charge is -2.69. The van der Waals surface area contributed by atoms with Crippen LogP contribution in [0.15, 0.2) is 6.07 Å². The number of fused-ring (bicyclic) bond motifs is 5. The minimum Gasteiger partial charge on any atom is -0.485 e. The van der Waals surface area contributed by atoms with Crippen LogP contribution < -0.4 is 14.2 Å². The molecule has 1 spiro atoms. The molecule has 1 aliphatic heterocycles. The summed E-state index contributed by atoms with van der Waals surface area (Å²) in [5, 5.41) is 0. The van der Waals surface area contributed by atoms with Crippen LogP contribution in [0.4, 0.5) is 0 Å². The summed E-state index contributed by atoms with van der Waals surface area (Å²) >= 11 is 0. The molecule has 4 aliphatic rings. The van der Waals surface area contributed by atoms with Gasteiger partial charge in [0.1, 0.15) is 17.5 Å². The molecule has 1 heterocycles. The van der Waals surface area contributed by atoms with E-state index in [1.807, 2.05) is 6.92 Å². The van der Waals surface area contributed by atoms with E-state index in [2.05, 4.69) is 34.6 Å². The smallest absolute Gasteiger partial charge is 0.308 e. The highest BCUT2D eigenvalue weighted by Gasteiger charge is 2.70. The fourth-order valence-electron chi connectivity index (χ4n) is 9.99. The first-order chi connectivity index (χ1) is 18.6. The summed E-state index contributed by atoms with van der Waals surface area (Å²) < 4.78 is 24.3. The molecular formula is C33H46O7. The highest BCUT2D eigenvalue weighted by atomic mass is 16.6. The van der Waals surface area contributed by atoms with Gasteiger partial charge >= 0.3 is 17.9 Å². The Morgan fingerprint density at radius 2 is 1.55 bits per heavy atom. The summed E-state index contributed by atoms with van der Waals surface area (Å²) in [4.78, 5) is 36.0. The van der Waals surface area contributed by atoms with Crippen molar-refractivity contribution in [1.29, 1.82) is 0 Å². The van der Waals surface area contributed by atoms with Crippen LogP contribution in [-0.2, 0) is 25.5 Å². The van der Waals surface area contributed by atoms with Crippen LogP contribution in [0, 0.1) is 40.9 Å². The zero-order valence-corrected chi connectivity index (χ0v) is 25.7. The molecule has 1 aromatic rings. The third-order valence-corrected chi connectivity index (χ3v) is 11.6. The molecule has 0 amide bonds. The molecule has 7 atom stereocenters. The van der Waals surface area contributed by atoms with Crippen LogP contribution in [-0.4, -0.2) is 29.6 Å². The van der Waals surface area contributed by atoms with Gasteiger partial charge < -0.3 is 18.9 Å². The predicted octanol–water partition coefficient (Wildman–Crippen LogP) is 6.74. The molecule has 0 N–H and O–H groups in total. The van der Waals surface area contributed by atoms with Gasteiger partial charge in [0.05, 0.1) is 0 Å². The number of carbonyl (C=O) groups is 3. The van der Waals surface area contributed by atoms with Gasteiger partial charge in [0.25, 0.3) is 0 Å². The quantitative estimate of drug-likeness (QED) is 0.302. The lowest BCUT2D eigenvalue weighted by Crippen LogP contribution is -2.68. The van der Waals surface area contributed by atoms with E-state index >= 15 is 0 Å². The van der Waals surface area contributed by atoms with Gasteiger partial charge in [-0.2, -0.15) is 0 Å². The van der Waals surface area contributed by atoms with Gasteiger partial charge in [-0.3, -0.25) is 14.4 Å². The molecule has 220 valence electrons. The Morgan fingerprint density at radius 3 is 2.17 bits per heavy atom. The largest absolute Gasteiger partial charge is 0.485 e. The fourth-order valence-corrected chi connectivity index (χ4v) is 9.99. The minimum atomic E-state index is -0.475. The number of hydrogen-bond acceptors (Lipinski definition) is 7. The van der Waals surface area contributed by atoms with E-state index < -0.39 is 17.5 Å². The van der Waals surface area contributed by atoms with Crippen molar-refractivity contribution in [3.05, 3.63) is 17.2 Å². The van der Waals surface area contributed by atoms with Gasteiger partial charge in [0.2, 0.25) is 0 Å². The van der Waals surface area contributed by atoms with Crippen molar-refractivity contribution in [1.82, 2.24) is 0 Å². The van der Waals surface area contributed by atoms with Crippen molar-refractivity contribution in [2.75, 3.05) is 0 Å². The molecule has 0 aromatic heterocycles. The molecule has 3 aliphatic carbocycles. The summed E-state index contributed by atoms with van der Waals surface area (Å²) in [6.45, 7) is 18.0. The molecule has 0 saturated heterocycles. The SMILES string of the molecule is CC(=O)Oc1cc(C)c2c(c1OC(C)=O)CC1(O2)[C@@H](C)CCC2[C@@]3(C)CC[C@H](OC(C)=O)C(C)(C)C3CC[C@]21C. The van der Waals surface area contributed by atoms with Crippen LogP contribution in [0.3, 0.4) is 0 Å². The standard InChI is InChI=1S/C33H46O7/c1-18-16-24(37-20(3)34)29(39-22(5)36)23-17-33(40-28(18)23)19(2)10-11-26-31(8)14-13-27(38-21(4)35)30(6,7)25(31)12-15-32(26,33)9/h16,19,25-27H,10-15,17H2,1-9H3/t19-,25?,26?,27-,31-,32+,33?/m0/s1. The second-order valence-corrected chi connectivity index (χ2v) is 14.2. The Labute approximate surface area is 238 Å². The van der Waals surface area contributed by atoms with Crippen molar-refractivity contribution in [3.8, 4) is 17.2 Å². The Morgan fingerprint density at radius 1 is 0.875 bits per heavy atom. The highest BCUT2D eigenvalue weighted by molar-refractivity contribution is 5.76. The molecule has 5 rings (SSSR count). The first-order valence-corrected chi connectivity index (χ1v) is 15.0.